The lowest BCUT2D eigenvalue weighted by Crippen LogP contribution is -2.30. The lowest BCUT2D eigenvalue weighted by molar-refractivity contribution is -0.116. The van der Waals surface area contributed by atoms with Crippen molar-refractivity contribution < 1.29 is 33.0 Å². The number of anilines is 2. The summed E-state index contributed by atoms with van der Waals surface area (Å²) < 4.78 is 33.8. The molecule has 1 atom stereocenters. The molecule has 5 N–H and O–H groups in total. The summed E-state index contributed by atoms with van der Waals surface area (Å²) in [6.07, 6.45) is 3.36. The molecule has 0 unspecified atom stereocenters. The van der Waals surface area contributed by atoms with E-state index in [9.17, 15) is 23.2 Å². The molecule has 2 aromatic carbocycles. The Morgan fingerprint density at radius 1 is 1.20 bits per heavy atom. The largest absolute Gasteiger partial charge is 0.447 e. The molecule has 3 aromatic rings. The zero-order chi connectivity index (χ0) is 28.8. The highest BCUT2D eigenvalue weighted by atomic mass is 35.5. The van der Waals surface area contributed by atoms with Crippen LogP contribution in [0.1, 0.15) is 47.1 Å². The van der Waals surface area contributed by atoms with Gasteiger partial charge in [-0.05, 0) is 55.7 Å². The van der Waals surface area contributed by atoms with Gasteiger partial charge in [0, 0.05) is 17.7 Å². The van der Waals surface area contributed by atoms with E-state index < -0.39 is 35.2 Å². The summed E-state index contributed by atoms with van der Waals surface area (Å²) in [6, 6.07) is 5.91. The molecule has 2 heterocycles. The smallest absolute Gasteiger partial charge is 0.411 e. The van der Waals surface area contributed by atoms with Gasteiger partial charge in [0.2, 0.25) is 5.91 Å². The third-order valence-electron chi connectivity index (χ3n) is 5.92. The molecular weight excluding hydrogens is 548 g/mol. The fraction of sp³-hybridized carbons (Fsp3) is 0.259. The highest BCUT2D eigenvalue weighted by Gasteiger charge is 2.25. The zero-order valence-electron chi connectivity index (χ0n) is 21.3. The van der Waals surface area contributed by atoms with Crippen LogP contribution in [0.4, 0.5) is 25.0 Å². The van der Waals surface area contributed by atoms with Crippen molar-refractivity contribution in [3.8, 4) is 11.3 Å². The minimum atomic E-state index is -0.989. The molecule has 0 spiro atoms. The molecule has 4 rings (SSSR count). The average Bonchev–Trinajstić information content (AvgIpc) is 3.27. The highest BCUT2D eigenvalue weighted by Crippen LogP contribution is 2.35. The molecule has 13 heteroatoms. The number of aryl methyl sites for hydroxylation is 1. The van der Waals surface area contributed by atoms with E-state index in [0.717, 1.165) is 12.1 Å². The SMILES string of the molecule is Cc1cc(F)c(C(=O)N[C@H]2C/C=C\CCC(=O)Nc3cc(NC(=O)OCCO)ccc3-c3nc2[nH]c3Cl)c(F)c1. The lowest BCUT2D eigenvalue weighted by atomic mass is 10.1. The van der Waals surface area contributed by atoms with Gasteiger partial charge in [-0.3, -0.25) is 14.9 Å². The molecule has 210 valence electrons. The van der Waals surface area contributed by atoms with E-state index in [0.29, 0.717) is 23.2 Å². The third-order valence-corrected chi connectivity index (χ3v) is 6.20. The van der Waals surface area contributed by atoms with Crippen molar-refractivity contribution in [2.45, 2.75) is 32.2 Å². The number of nitrogens with one attached hydrogen (secondary N) is 4. The van der Waals surface area contributed by atoms with E-state index in [4.69, 9.17) is 21.4 Å². The predicted octanol–water partition coefficient (Wildman–Crippen LogP) is 5.01. The monoisotopic (exact) mass is 573 g/mol. The average molecular weight is 574 g/mol. The van der Waals surface area contributed by atoms with Crippen molar-refractivity contribution in [2.24, 2.45) is 0 Å². The predicted molar refractivity (Wildman–Crippen MR) is 144 cm³/mol. The van der Waals surface area contributed by atoms with Gasteiger partial charge in [-0.25, -0.2) is 18.6 Å². The first kappa shape index (κ1) is 28.7. The van der Waals surface area contributed by atoms with E-state index in [1.165, 1.54) is 19.1 Å². The second-order valence-corrected chi connectivity index (χ2v) is 9.33. The van der Waals surface area contributed by atoms with Gasteiger partial charge < -0.3 is 25.5 Å². The van der Waals surface area contributed by atoms with Crippen LogP contribution in [0, 0.1) is 18.6 Å². The summed E-state index contributed by atoms with van der Waals surface area (Å²) in [5.41, 5.74) is 0.844. The Balaban J connectivity index is 1.69. The van der Waals surface area contributed by atoms with Gasteiger partial charge in [0.1, 0.15) is 40.5 Å². The second-order valence-electron chi connectivity index (χ2n) is 8.95. The first-order valence-corrected chi connectivity index (χ1v) is 12.7. The molecule has 1 aromatic heterocycles. The van der Waals surface area contributed by atoms with E-state index in [1.54, 1.807) is 18.2 Å². The van der Waals surface area contributed by atoms with Gasteiger partial charge >= 0.3 is 6.09 Å². The molecule has 0 fully saturated rings. The van der Waals surface area contributed by atoms with Gasteiger partial charge in [0.15, 0.2) is 0 Å². The van der Waals surface area contributed by atoms with Gasteiger partial charge in [-0.15, -0.1) is 0 Å². The summed E-state index contributed by atoms with van der Waals surface area (Å²) in [5, 5.41) is 16.8. The van der Waals surface area contributed by atoms with Crippen molar-refractivity contribution in [2.75, 3.05) is 23.8 Å². The topological polar surface area (TPSA) is 145 Å². The molecular formula is C27H26ClF2N5O5. The highest BCUT2D eigenvalue weighted by molar-refractivity contribution is 6.32. The van der Waals surface area contributed by atoms with Crippen LogP contribution < -0.4 is 16.0 Å². The first-order chi connectivity index (χ1) is 19.2. The number of aliphatic hydroxyl groups is 1. The zero-order valence-corrected chi connectivity index (χ0v) is 22.1. The van der Waals surface area contributed by atoms with Crippen molar-refractivity contribution >= 4 is 40.9 Å². The summed E-state index contributed by atoms with van der Waals surface area (Å²) in [5.74, 6) is -3.04. The lowest BCUT2D eigenvalue weighted by Gasteiger charge is -2.16. The molecule has 10 nitrogen and oxygen atoms in total. The molecule has 1 aliphatic heterocycles. The number of H-pyrrole nitrogens is 1. The number of aromatic amines is 1. The van der Waals surface area contributed by atoms with Crippen molar-refractivity contribution in [3.05, 3.63) is 76.2 Å². The number of aliphatic hydroxyl groups excluding tert-OH is 1. The molecule has 0 saturated heterocycles. The Morgan fingerprint density at radius 2 is 1.95 bits per heavy atom. The summed E-state index contributed by atoms with van der Waals surface area (Å²) in [6.45, 7) is 0.992. The van der Waals surface area contributed by atoms with E-state index >= 15 is 0 Å². The summed E-state index contributed by atoms with van der Waals surface area (Å²) in [7, 11) is 0. The number of carbonyl (C=O) groups is 3. The van der Waals surface area contributed by atoms with Crippen LogP contribution in [-0.4, -0.2) is 46.2 Å². The quantitative estimate of drug-likeness (QED) is 0.271. The van der Waals surface area contributed by atoms with Gasteiger partial charge in [0.05, 0.1) is 18.3 Å². The summed E-state index contributed by atoms with van der Waals surface area (Å²) >= 11 is 6.49. The Kier molecular flexibility index (Phi) is 9.12. The standard InChI is InChI=1S/C27H26ClF2N5O5/c1-14-11-17(29)22(18(30)12-14)26(38)33-19-5-3-2-4-6-21(37)32-20-13-15(31-27(39)40-10-9-36)7-8-16(20)23-24(28)35-25(19)34-23/h2-3,7-8,11-13,19,36H,4-6,9-10H2,1H3,(H,31,39)(H,32,37)(H,33,38)(H,34,35)/b3-2-/t19-/m0/s1. The number of hydrogen-bond donors (Lipinski definition) is 5. The molecule has 2 bridgehead atoms. The van der Waals surface area contributed by atoms with Crippen LogP contribution in [0.5, 0.6) is 0 Å². The molecule has 3 amide bonds. The number of amides is 3. The van der Waals surface area contributed by atoms with E-state index in [-0.39, 0.29) is 54.3 Å². The maximum atomic E-state index is 14.5. The minimum absolute atomic E-state index is 0.0848. The van der Waals surface area contributed by atoms with E-state index in [1.807, 2.05) is 0 Å². The number of nitrogens with zero attached hydrogens (tertiary/aromatic N) is 1. The number of carbonyl (C=O) groups excluding carboxylic acids is 3. The first-order valence-electron chi connectivity index (χ1n) is 12.3. The molecule has 40 heavy (non-hydrogen) atoms. The number of benzene rings is 2. The number of allylic oxidation sites excluding steroid dienone is 1. The molecule has 1 aliphatic rings. The van der Waals surface area contributed by atoms with Crippen molar-refractivity contribution in [3.63, 3.8) is 0 Å². The van der Waals surface area contributed by atoms with Crippen LogP contribution in [0.25, 0.3) is 11.3 Å². The fourth-order valence-electron chi connectivity index (χ4n) is 4.10. The van der Waals surface area contributed by atoms with E-state index in [2.05, 4.69) is 25.9 Å². The second kappa shape index (κ2) is 12.7. The van der Waals surface area contributed by atoms with Crippen LogP contribution in [-0.2, 0) is 9.53 Å². The maximum Gasteiger partial charge on any atom is 0.411 e. The number of hydrogen-bond acceptors (Lipinski definition) is 6. The third kappa shape index (κ3) is 6.82. The maximum absolute atomic E-state index is 14.5. The number of ether oxygens (including phenoxy) is 1. The molecule has 0 aliphatic carbocycles. The normalized spacial score (nSPS) is 15.9. The number of aromatic nitrogens is 2. The Morgan fingerprint density at radius 3 is 2.67 bits per heavy atom. The number of rotatable bonds is 5. The van der Waals surface area contributed by atoms with Gasteiger partial charge in [-0.1, -0.05) is 23.8 Å². The summed E-state index contributed by atoms with van der Waals surface area (Å²) in [4.78, 5) is 45.0. The molecule has 0 radical (unpaired) electrons. The van der Waals surface area contributed by atoms with Crippen LogP contribution in [0.15, 0.2) is 42.5 Å². The Bertz CT molecular complexity index is 1450. The minimum Gasteiger partial charge on any atom is -0.447 e. The number of halogens is 3. The Labute approximate surface area is 232 Å². The number of imidazole rings is 1. The molecule has 0 saturated carbocycles. The van der Waals surface area contributed by atoms with Gasteiger partial charge in [0.25, 0.3) is 5.91 Å². The van der Waals surface area contributed by atoms with Crippen LogP contribution >= 0.6 is 11.6 Å². The fourth-order valence-corrected chi connectivity index (χ4v) is 4.34. The van der Waals surface area contributed by atoms with Crippen LogP contribution in [0.2, 0.25) is 5.15 Å². The van der Waals surface area contributed by atoms with Gasteiger partial charge in [-0.2, -0.15) is 0 Å². The number of fused-ring (bicyclic) bond motifs is 4. The van der Waals surface area contributed by atoms with Crippen LogP contribution in [0.3, 0.4) is 0 Å². The Hall–Kier alpha value is -4.29. The van der Waals surface area contributed by atoms with Crippen molar-refractivity contribution in [1.82, 2.24) is 15.3 Å². The van der Waals surface area contributed by atoms with Crippen molar-refractivity contribution in [1.29, 1.82) is 0 Å².